The lowest BCUT2D eigenvalue weighted by atomic mass is 11.8. The molecule has 0 bridgehead atoms. The van der Waals surface area contributed by atoms with E-state index in [1.807, 2.05) is 0 Å². The van der Waals surface area contributed by atoms with E-state index >= 15 is 0 Å². The van der Waals surface area contributed by atoms with E-state index in [2.05, 4.69) is 26.6 Å². The summed E-state index contributed by atoms with van der Waals surface area (Å²) in [6.45, 7) is -0.907. The number of hydrogen-bond donors (Lipinski definition) is 1. The molecule has 0 aliphatic heterocycles. The predicted octanol–water partition coefficient (Wildman–Crippen LogP) is -0.514. The second kappa shape index (κ2) is 3.73. The maximum Gasteiger partial charge on any atom is 0.133 e. The summed E-state index contributed by atoms with van der Waals surface area (Å²) < 4.78 is 14.6. The molecule has 0 aromatic carbocycles. The van der Waals surface area contributed by atoms with Gasteiger partial charge in [0.1, 0.15) is 9.64 Å². The molecular weight excluding hydrogens is 172 g/mol. The molecular formula is CH4O2S4. The molecule has 1 atom stereocenters. The van der Waals surface area contributed by atoms with Gasteiger partial charge in [-0.25, -0.2) is 4.21 Å². The molecule has 0 aromatic heterocycles. The molecule has 6 heteroatoms. The van der Waals surface area contributed by atoms with E-state index in [4.69, 9.17) is 0 Å². The van der Waals surface area contributed by atoms with Crippen LogP contribution in [0.1, 0.15) is 0 Å². The first-order valence-corrected chi connectivity index (χ1v) is 6.15. The van der Waals surface area contributed by atoms with E-state index in [-0.39, 0.29) is 0 Å². The van der Waals surface area contributed by atoms with Crippen molar-refractivity contribution < 1.29 is 8.39 Å². The highest BCUT2D eigenvalue weighted by Gasteiger charge is 1.65. The minimum Gasteiger partial charge on any atom is -0.295 e. The van der Waals surface area contributed by atoms with Crippen molar-refractivity contribution in [3.63, 3.8) is 0 Å². The average molecular weight is 176 g/mol. The normalized spacial score (nSPS) is 13.3. The Labute approximate surface area is 54.2 Å². The van der Waals surface area contributed by atoms with Gasteiger partial charge in [0.2, 0.25) is 0 Å². The SMILES string of the molecule is CO[SH](=O)=S(=S)=S. The van der Waals surface area contributed by atoms with Gasteiger partial charge in [-0.2, -0.15) is 0 Å². The van der Waals surface area contributed by atoms with E-state index in [1.165, 1.54) is 7.11 Å². The lowest BCUT2D eigenvalue weighted by molar-refractivity contribution is 0.459. The molecule has 0 saturated carbocycles. The van der Waals surface area contributed by atoms with Crippen LogP contribution in [0.4, 0.5) is 0 Å². The molecule has 0 spiro atoms. The molecule has 0 rings (SSSR count). The summed E-state index contributed by atoms with van der Waals surface area (Å²) in [6.07, 6.45) is 0. The summed E-state index contributed by atoms with van der Waals surface area (Å²) in [7, 11) is -0.399. The molecule has 7 heavy (non-hydrogen) atoms. The van der Waals surface area contributed by atoms with Gasteiger partial charge in [0.15, 0.2) is 0 Å². The van der Waals surface area contributed by atoms with Gasteiger partial charge in [-0.15, -0.1) is 0 Å². The number of thiol groups is 1. The van der Waals surface area contributed by atoms with E-state index < -0.39 is 16.2 Å². The monoisotopic (exact) mass is 176 g/mol. The molecule has 0 aromatic rings. The van der Waals surface area contributed by atoms with Gasteiger partial charge in [0.05, 0.1) is 7.11 Å². The van der Waals surface area contributed by atoms with Gasteiger partial charge in [0.25, 0.3) is 0 Å². The molecule has 0 saturated heterocycles. The highest BCUT2D eigenvalue weighted by atomic mass is 33.3. The van der Waals surface area contributed by atoms with Crippen LogP contribution in [0, 0.1) is 0 Å². The Morgan fingerprint density at radius 2 is 2.14 bits per heavy atom. The molecule has 0 amide bonds. The van der Waals surface area contributed by atoms with E-state index in [0.717, 1.165) is 0 Å². The van der Waals surface area contributed by atoms with Crippen LogP contribution in [-0.4, -0.2) is 11.3 Å². The Morgan fingerprint density at radius 1 is 1.71 bits per heavy atom. The summed E-state index contributed by atoms with van der Waals surface area (Å²) in [5.41, 5.74) is 0. The van der Waals surface area contributed by atoms with Crippen molar-refractivity contribution in [2.24, 2.45) is 0 Å². The van der Waals surface area contributed by atoms with Crippen LogP contribution in [0.15, 0.2) is 0 Å². The van der Waals surface area contributed by atoms with Crippen LogP contribution < -0.4 is 0 Å². The summed E-state index contributed by atoms with van der Waals surface area (Å²) in [5.74, 6) is 0. The Morgan fingerprint density at radius 3 is 2.14 bits per heavy atom. The zero-order valence-electron chi connectivity index (χ0n) is 3.49. The average Bonchev–Trinajstić information content (AvgIpc) is 1.65. The van der Waals surface area contributed by atoms with Crippen molar-refractivity contribution in [1.82, 2.24) is 0 Å². The van der Waals surface area contributed by atoms with Gasteiger partial charge in [0, 0.05) is 6.57 Å². The summed E-state index contributed by atoms with van der Waals surface area (Å²) in [4.78, 5) is 0. The topological polar surface area (TPSA) is 26.3 Å². The number of rotatable bonds is 1. The van der Waals surface area contributed by atoms with Crippen molar-refractivity contribution in [1.29, 1.82) is 0 Å². The highest BCUT2D eigenvalue weighted by molar-refractivity contribution is 8.63. The zero-order valence-corrected chi connectivity index (χ0v) is 6.83. The smallest absolute Gasteiger partial charge is 0.133 e. The van der Waals surface area contributed by atoms with Gasteiger partial charge < -0.3 is 0 Å². The molecule has 0 radical (unpaired) electrons. The second-order valence-corrected chi connectivity index (χ2v) is 7.98. The van der Waals surface area contributed by atoms with Crippen molar-refractivity contribution >= 4 is 38.6 Å². The van der Waals surface area contributed by atoms with Crippen LogP contribution in [0.5, 0.6) is 0 Å². The molecule has 0 N–H and O–H groups in total. The first-order valence-electron chi connectivity index (χ1n) is 1.29. The van der Waals surface area contributed by atoms with E-state index in [0.29, 0.717) is 0 Å². The Bertz CT molecular complexity index is 196. The Kier molecular flexibility index (Phi) is 4.14. The van der Waals surface area contributed by atoms with E-state index in [9.17, 15) is 4.21 Å². The van der Waals surface area contributed by atoms with Crippen molar-refractivity contribution in [3.05, 3.63) is 0 Å². The van der Waals surface area contributed by atoms with Gasteiger partial charge in [-0.1, -0.05) is 0 Å². The third-order valence-electron chi connectivity index (χ3n) is 0.271. The summed E-state index contributed by atoms with van der Waals surface area (Å²) in [6, 6.07) is 0. The van der Waals surface area contributed by atoms with Crippen molar-refractivity contribution in [3.8, 4) is 0 Å². The molecule has 0 fully saturated rings. The molecule has 1 unspecified atom stereocenters. The predicted molar refractivity (Wildman–Crippen MR) is 38.6 cm³/mol. The van der Waals surface area contributed by atoms with Crippen molar-refractivity contribution in [2.45, 2.75) is 0 Å². The van der Waals surface area contributed by atoms with Crippen molar-refractivity contribution in [2.75, 3.05) is 7.11 Å². The fourth-order valence-corrected chi connectivity index (χ4v) is 1.64. The maximum absolute atomic E-state index is 10.2. The van der Waals surface area contributed by atoms with Gasteiger partial charge in [-0.3, -0.25) is 4.18 Å². The largest absolute Gasteiger partial charge is 0.295 e. The Hall–Kier alpha value is 0.770. The highest BCUT2D eigenvalue weighted by Crippen LogP contribution is 1.63. The van der Waals surface area contributed by atoms with E-state index in [1.54, 1.807) is 0 Å². The zero-order chi connectivity index (χ0) is 5.86. The third kappa shape index (κ3) is 3.36. The van der Waals surface area contributed by atoms with Crippen LogP contribution in [0.2, 0.25) is 0 Å². The molecule has 0 aliphatic carbocycles. The minimum absolute atomic E-state index is 0.907. The standard InChI is InChI=1S/CH4O2S4/c1-3-6(2)7(4)5/h6H,1H3. The first-order chi connectivity index (χ1) is 3.18. The first kappa shape index (κ1) is 7.77. The summed E-state index contributed by atoms with van der Waals surface area (Å²) >= 11 is 8.87. The summed E-state index contributed by atoms with van der Waals surface area (Å²) in [5, 5.41) is 0. The maximum atomic E-state index is 10.2. The minimum atomic E-state index is -1.73. The van der Waals surface area contributed by atoms with Crippen LogP contribution in [0.3, 0.4) is 0 Å². The van der Waals surface area contributed by atoms with Crippen LogP contribution in [-0.2, 0) is 42.8 Å². The van der Waals surface area contributed by atoms with Crippen LogP contribution in [0.25, 0.3) is 0 Å². The quantitative estimate of drug-likeness (QED) is 0.544. The van der Waals surface area contributed by atoms with Gasteiger partial charge in [-0.05, 0) is 22.4 Å². The molecule has 0 aliphatic rings. The molecule has 0 heterocycles. The Balaban J connectivity index is 4.72. The lowest BCUT2D eigenvalue weighted by Gasteiger charge is -1.74. The third-order valence-corrected chi connectivity index (χ3v) is 4.18. The van der Waals surface area contributed by atoms with Gasteiger partial charge >= 0.3 is 0 Å². The lowest BCUT2D eigenvalue weighted by Crippen LogP contribution is -1.75. The molecule has 2 nitrogen and oxygen atoms in total. The fourth-order valence-electron chi connectivity index (χ4n) is 0.0609. The van der Waals surface area contributed by atoms with Crippen LogP contribution >= 0.6 is 0 Å². The second-order valence-electron chi connectivity index (χ2n) is 0.623. The fraction of sp³-hybridized carbons (Fsp3) is 1.00. The molecule has 44 valence electrons. The number of hydrogen-bond acceptors (Lipinski definition) is 4.